The number of carboxylic acid groups (broad SMARTS) is 1. The van der Waals surface area contributed by atoms with E-state index in [1.807, 2.05) is 6.92 Å². The van der Waals surface area contributed by atoms with E-state index in [0.29, 0.717) is 6.42 Å². The normalized spacial score (nSPS) is 12.7. The molecule has 3 N–H and O–H groups in total. The lowest BCUT2D eigenvalue weighted by atomic mass is 10.1. The standard InChI is InChI=1S/C10H17NO4/c1-2-3-4-8(12)5-6-9(13)11-7-10(14)15/h5-6,8,12H,2-4,7H2,1H3,(H,11,13)(H,14,15)/b6-5+. The molecule has 0 aliphatic carbocycles. The molecule has 0 saturated carbocycles. The van der Waals surface area contributed by atoms with Gasteiger partial charge in [0.05, 0.1) is 6.10 Å². The van der Waals surface area contributed by atoms with Crippen molar-refractivity contribution in [3.05, 3.63) is 12.2 Å². The number of carbonyl (C=O) groups excluding carboxylic acids is 1. The summed E-state index contributed by atoms with van der Waals surface area (Å²) in [6.45, 7) is 1.60. The zero-order valence-corrected chi connectivity index (χ0v) is 8.77. The van der Waals surface area contributed by atoms with E-state index in [1.165, 1.54) is 6.08 Å². The summed E-state index contributed by atoms with van der Waals surface area (Å²) in [6.07, 6.45) is 4.37. The number of amides is 1. The van der Waals surface area contributed by atoms with Gasteiger partial charge in [0.25, 0.3) is 0 Å². The fraction of sp³-hybridized carbons (Fsp3) is 0.600. The zero-order chi connectivity index (χ0) is 11.7. The molecule has 5 nitrogen and oxygen atoms in total. The number of aliphatic hydroxyl groups is 1. The Bertz CT molecular complexity index is 238. The second-order valence-corrected chi connectivity index (χ2v) is 3.18. The van der Waals surface area contributed by atoms with Crippen molar-refractivity contribution in [2.24, 2.45) is 0 Å². The second kappa shape index (κ2) is 7.99. The van der Waals surface area contributed by atoms with Crippen molar-refractivity contribution in [3.63, 3.8) is 0 Å². The lowest BCUT2D eigenvalue weighted by molar-refractivity contribution is -0.137. The minimum absolute atomic E-state index is 0.409. The van der Waals surface area contributed by atoms with Gasteiger partial charge in [-0.3, -0.25) is 9.59 Å². The Morgan fingerprint density at radius 3 is 2.67 bits per heavy atom. The summed E-state index contributed by atoms with van der Waals surface area (Å²) in [6, 6.07) is 0. The van der Waals surface area contributed by atoms with Crippen LogP contribution in [0.5, 0.6) is 0 Å². The molecule has 1 unspecified atom stereocenters. The van der Waals surface area contributed by atoms with Crippen LogP contribution in [0.1, 0.15) is 26.2 Å². The molecule has 1 amide bonds. The van der Waals surface area contributed by atoms with Crippen molar-refractivity contribution in [2.45, 2.75) is 32.3 Å². The molecule has 5 heteroatoms. The highest BCUT2D eigenvalue weighted by Crippen LogP contribution is 2.00. The van der Waals surface area contributed by atoms with E-state index >= 15 is 0 Å². The lowest BCUT2D eigenvalue weighted by Gasteiger charge is -2.03. The number of hydrogen-bond acceptors (Lipinski definition) is 3. The first-order valence-corrected chi connectivity index (χ1v) is 4.92. The molecule has 0 aliphatic heterocycles. The third-order valence-corrected chi connectivity index (χ3v) is 1.74. The van der Waals surface area contributed by atoms with Gasteiger partial charge >= 0.3 is 5.97 Å². The van der Waals surface area contributed by atoms with Gasteiger partial charge in [0, 0.05) is 6.08 Å². The molecule has 0 bridgehead atoms. The monoisotopic (exact) mass is 215 g/mol. The van der Waals surface area contributed by atoms with Crippen LogP contribution in [0.25, 0.3) is 0 Å². The van der Waals surface area contributed by atoms with Crippen LogP contribution in [-0.2, 0) is 9.59 Å². The average Bonchev–Trinajstić information content (AvgIpc) is 2.20. The Balaban J connectivity index is 3.74. The van der Waals surface area contributed by atoms with Crippen molar-refractivity contribution in [2.75, 3.05) is 6.54 Å². The second-order valence-electron chi connectivity index (χ2n) is 3.18. The number of unbranched alkanes of at least 4 members (excludes halogenated alkanes) is 1. The topological polar surface area (TPSA) is 86.6 Å². The Labute approximate surface area is 88.8 Å². The highest BCUT2D eigenvalue weighted by molar-refractivity contribution is 5.89. The summed E-state index contributed by atoms with van der Waals surface area (Å²) in [5.74, 6) is -1.60. The van der Waals surface area contributed by atoms with Gasteiger partial charge in [-0.2, -0.15) is 0 Å². The van der Waals surface area contributed by atoms with E-state index in [9.17, 15) is 14.7 Å². The molecule has 0 saturated heterocycles. The van der Waals surface area contributed by atoms with Crippen molar-refractivity contribution < 1.29 is 19.8 Å². The molecular weight excluding hydrogens is 198 g/mol. The molecule has 15 heavy (non-hydrogen) atoms. The molecule has 0 spiro atoms. The first kappa shape index (κ1) is 13.6. The van der Waals surface area contributed by atoms with Crippen LogP contribution in [0.3, 0.4) is 0 Å². The van der Waals surface area contributed by atoms with E-state index in [1.54, 1.807) is 0 Å². The highest BCUT2D eigenvalue weighted by atomic mass is 16.4. The van der Waals surface area contributed by atoms with E-state index in [2.05, 4.69) is 5.32 Å². The summed E-state index contributed by atoms with van der Waals surface area (Å²) in [5, 5.41) is 19.7. The number of carboxylic acids is 1. The molecule has 0 aromatic rings. The molecule has 0 rings (SSSR count). The maximum atomic E-state index is 11.0. The van der Waals surface area contributed by atoms with Crippen LogP contribution in [0.2, 0.25) is 0 Å². The number of nitrogens with one attached hydrogen (secondary N) is 1. The Morgan fingerprint density at radius 1 is 1.47 bits per heavy atom. The number of aliphatic carboxylic acids is 1. The van der Waals surface area contributed by atoms with Gasteiger partial charge in [0.2, 0.25) is 5.91 Å². The Hall–Kier alpha value is -1.36. The number of carbonyl (C=O) groups is 2. The van der Waals surface area contributed by atoms with Gasteiger partial charge in [-0.05, 0) is 6.42 Å². The first-order chi connectivity index (χ1) is 7.06. The molecule has 0 radical (unpaired) electrons. The van der Waals surface area contributed by atoms with E-state index in [-0.39, 0.29) is 0 Å². The summed E-state index contributed by atoms with van der Waals surface area (Å²) < 4.78 is 0. The van der Waals surface area contributed by atoms with Crippen LogP contribution < -0.4 is 5.32 Å². The molecule has 0 aromatic heterocycles. The Morgan fingerprint density at radius 2 is 2.13 bits per heavy atom. The summed E-state index contributed by atoms with van der Waals surface area (Å²) in [4.78, 5) is 21.0. The number of hydrogen-bond donors (Lipinski definition) is 3. The van der Waals surface area contributed by atoms with Gasteiger partial charge in [-0.25, -0.2) is 0 Å². The van der Waals surface area contributed by atoms with Gasteiger partial charge in [-0.1, -0.05) is 25.8 Å². The van der Waals surface area contributed by atoms with Crippen LogP contribution in [0, 0.1) is 0 Å². The first-order valence-electron chi connectivity index (χ1n) is 4.92. The molecule has 0 fully saturated rings. The molecule has 0 heterocycles. The van der Waals surface area contributed by atoms with Gasteiger partial charge in [-0.15, -0.1) is 0 Å². The summed E-state index contributed by atoms with van der Waals surface area (Å²) >= 11 is 0. The average molecular weight is 215 g/mol. The maximum absolute atomic E-state index is 11.0. The van der Waals surface area contributed by atoms with Crippen LogP contribution in [0.4, 0.5) is 0 Å². The Kier molecular flexibility index (Phi) is 7.27. The number of aliphatic hydroxyl groups excluding tert-OH is 1. The predicted octanol–water partition coefficient (Wildman–Crippen LogP) is 0.294. The fourth-order valence-corrected chi connectivity index (χ4v) is 0.930. The SMILES string of the molecule is CCCCC(O)/C=C/C(=O)NCC(=O)O. The molecule has 0 aliphatic rings. The van der Waals surface area contributed by atoms with Crippen LogP contribution in [0.15, 0.2) is 12.2 Å². The fourth-order valence-electron chi connectivity index (χ4n) is 0.930. The lowest BCUT2D eigenvalue weighted by Crippen LogP contribution is -2.27. The third-order valence-electron chi connectivity index (χ3n) is 1.74. The minimum Gasteiger partial charge on any atom is -0.480 e. The van der Waals surface area contributed by atoms with Crippen molar-refractivity contribution in [1.82, 2.24) is 5.32 Å². The number of rotatable bonds is 7. The highest BCUT2D eigenvalue weighted by Gasteiger charge is 2.01. The predicted molar refractivity (Wildman–Crippen MR) is 55.3 cm³/mol. The quantitative estimate of drug-likeness (QED) is 0.533. The van der Waals surface area contributed by atoms with Crippen molar-refractivity contribution in [1.29, 1.82) is 0 Å². The van der Waals surface area contributed by atoms with E-state index in [4.69, 9.17) is 5.11 Å². The van der Waals surface area contributed by atoms with Gasteiger partial charge < -0.3 is 15.5 Å². The summed E-state index contributed by atoms with van der Waals surface area (Å²) in [5.41, 5.74) is 0. The summed E-state index contributed by atoms with van der Waals surface area (Å²) in [7, 11) is 0. The minimum atomic E-state index is -1.09. The molecular formula is C10H17NO4. The maximum Gasteiger partial charge on any atom is 0.322 e. The largest absolute Gasteiger partial charge is 0.480 e. The smallest absolute Gasteiger partial charge is 0.322 e. The van der Waals surface area contributed by atoms with E-state index < -0.39 is 24.5 Å². The van der Waals surface area contributed by atoms with Gasteiger partial charge in [0.15, 0.2) is 0 Å². The van der Waals surface area contributed by atoms with Crippen LogP contribution in [-0.4, -0.2) is 34.7 Å². The molecule has 1 atom stereocenters. The van der Waals surface area contributed by atoms with E-state index in [0.717, 1.165) is 18.9 Å². The van der Waals surface area contributed by atoms with Crippen molar-refractivity contribution >= 4 is 11.9 Å². The van der Waals surface area contributed by atoms with Crippen LogP contribution >= 0.6 is 0 Å². The van der Waals surface area contributed by atoms with Gasteiger partial charge in [0.1, 0.15) is 6.54 Å². The zero-order valence-electron chi connectivity index (χ0n) is 8.77. The third kappa shape index (κ3) is 8.96. The van der Waals surface area contributed by atoms with Crippen molar-refractivity contribution in [3.8, 4) is 0 Å². The molecule has 86 valence electrons. The molecule has 0 aromatic carbocycles.